The van der Waals surface area contributed by atoms with E-state index in [1.807, 2.05) is 32.0 Å². The third kappa shape index (κ3) is 4.00. The average Bonchev–Trinajstić information content (AvgIpc) is 2.86. The summed E-state index contributed by atoms with van der Waals surface area (Å²) in [7, 11) is 0. The molecule has 0 aliphatic heterocycles. The van der Waals surface area contributed by atoms with Crippen molar-refractivity contribution in [2.24, 2.45) is 5.73 Å². The standard InChI is InChI=1S/C16H24N2OS/c1-15(2,17)12-18-14(19)16(10-6-7-11-16)20-13-8-4-3-5-9-13/h3-5,8-9H,6-7,10-12,17H2,1-2H3,(H,18,19). The molecule has 4 heteroatoms. The predicted octanol–water partition coefficient (Wildman–Crippen LogP) is 2.95. The zero-order valence-electron chi connectivity index (χ0n) is 12.3. The highest BCUT2D eigenvalue weighted by Crippen LogP contribution is 2.45. The Bertz CT molecular complexity index is 447. The highest BCUT2D eigenvalue weighted by Gasteiger charge is 2.42. The van der Waals surface area contributed by atoms with Crippen LogP contribution in [0.4, 0.5) is 0 Å². The monoisotopic (exact) mass is 292 g/mol. The molecular weight excluding hydrogens is 268 g/mol. The number of hydrogen-bond donors (Lipinski definition) is 2. The fraction of sp³-hybridized carbons (Fsp3) is 0.562. The Labute approximate surface area is 125 Å². The molecular formula is C16H24N2OS. The Morgan fingerprint density at radius 1 is 1.30 bits per heavy atom. The van der Waals surface area contributed by atoms with Crippen molar-refractivity contribution in [1.82, 2.24) is 5.32 Å². The molecule has 0 atom stereocenters. The fourth-order valence-electron chi connectivity index (χ4n) is 2.50. The van der Waals surface area contributed by atoms with Gasteiger partial charge in [0.15, 0.2) is 0 Å². The summed E-state index contributed by atoms with van der Waals surface area (Å²) in [5, 5.41) is 3.04. The number of nitrogens with two attached hydrogens (primary N) is 1. The van der Waals surface area contributed by atoms with Gasteiger partial charge in [-0.05, 0) is 38.8 Å². The lowest BCUT2D eigenvalue weighted by atomic mass is 10.0. The molecule has 2 rings (SSSR count). The van der Waals surface area contributed by atoms with Gasteiger partial charge in [-0.3, -0.25) is 4.79 Å². The van der Waals surface area contributed by atoms with Crippen LogP contribution in [-0.4, -0.2) is 22.7 Å². The Morgan fingerprint density at radius 3 is 2.45 bits per heavy atom. The molecule has 1 saturated carbocycles. The Balaban J connectivity index is 2.07. The maximum Gasteiger partial charge on any atom is 0.236 e. The summed E-state index contributed by atoms with van der Waals surface area (Å²) < 4.78 is -0.313. The van der Waals surface area contributed by atoms with E-state index in [-0.39, 0.29) is 16.2 Å². The van der Waals surface area contributed by atoms with Crippen LogP contribution in [-0.2, 0) is 4.79 Å². The van der Waals surface area contributed by atoms with Crippen LogP contribution in [0.2, 0.25) is 0 Å². The summed E-state index contributed by atoms with van der Waals surface area (Å²) in [6, 6.07) is 10.2. The van der Waals surface area contributed by atoms with Crippen molar-refractivity contribution in [2.45, 2.75) is 54.7 Å². The van der Waals surface area contributed by atoms with Crippen LogP contribution in [0.15, 0.2) is 35.2 Å². The smallest absolute Gasteiger partial charge is 0.236 e. The van der Waals surface area contributed by atoms with Crippen molar-refractivity contribution in [3.63, 3.8) is 0 Å². The molecule has 110 valence electrons. The van der Waals surface area contributed by atoms with E-state index in [0.29, 0.717) is 6.54 Å². The molecule has 0 bridgehead atoms. The van der Waals surface area contributed by atoms with E-state index in [0.717, 1.165) is 30.6 Å². The third-order valence-electron chi connectivity index (χ3n) is 3.59. The van der Waals surface area contributed by atoms with E-state index in [1.165, 1.54) is 0 Å². The zero-order chi connectivity index (χ0) is 14.6. The van der Waals surface area contributed by atoms with Crippen molar-refractivity contribution in [1.29, 1.82) is 0 Å². The number of rotatable bonds is 5. The van der Waals surface area contributed by atoms with Gasteiger partial charge in [0.25, 0.3) is 0 Å². The summed E-state index contributed by atoms with van der Waals surface area (Å²) in [5.74, 6) is 0.141. The van der Waals surface area contributed by atoms with E-state index >= 15 is 0 Å². The summed E-state index contributed by atoms with van der Waals surface area (Å²) >= 11 is 1.70. The molecule has 20 heavy (non-hydrogen) atoms. The van der Waals surface area contributed by atoms with E-state index < -0.39 is 0 Å². The van der Waals surface area contributed by atoms with Gasteiger partial charge < -0.3 is 11.1 Å². The lowest BCUT2D eigenvalue weighted by Gasteiger charge is -2.29. The first-order valence-corrected chi connectivity index (χ1v) is 8.04. The fourth-order valence-corrected chi connectivity index (χ4v) is 3.91. The Kier molecular flexibility index (Phi) is 4.76. The van der Waals surface area contributed by atoms with Crippen LogP contribution in [0.1, 0.15) is 39.5 Å². The molecule has 1 fully saturated rings. The second-order valence-electron chi connectivity index (χ2n) is 6.29. The maximum atomic E-state index is 12.6. The Morgan fingerprint density at radius 2 is 1.90 bits per heavy atom. The van der Waals surface area contributed by atoms with E-state index in [4.69, 9.17) is 5.73 Å². The normalized spacial score (nSPS) is 17.9. The van der Waals surface area contributed by atoms with Gasteiger partial charge in [-0.25, -0.2) is 0 Å². The minimum atomic E-state index is -0.368. The first kappa shape index (κ1) is 15.4. The summed E-state index contributed by atoms with van der Waals surface area (Å²) in [6.45, 7) is 4.38. The van der Waals surface area contributed by atoms with Gasteiger partial charge in [0.05, 0.1) is 4.75 Å². The Hall–Kier alpha value is -1.00. The van der Waals surface area contributed by atoms with Crippen molar-refractivity contribution in [2.75, 3.05) is 6.54 Å². The molecule has 0 saturated heterocycles. The topological polar surface area (TPSA) is 55.1 Å². The summed E-state index contributed by atoms with van der Waals surface area (Å²) in [4.78, 5) is 13.8. The summed E-state index contributed by atoms with van der Waals surface area (Å²) in [5.41, 5.74) is 5.59. The molecule has 0 heterocycles. The quantitative estimate of drug-likeness (QED) is 0.877. The van der Waals surface area contributed by atoms with Crippen LogP contribution < -0.4 is 11.1 Å². The minimum absolute atomic E-state index is 0.141. The van der Waals surface area contributed by atoms with Crippen LogP contribution in [0.5, 0.6) is 0 Å². The molecule has 0 spiro atoms. The molecule has 0 unspecified atom stereocenters. The van der Waals surface area contributed by atoms with E-state index in [9.17, 15) is 4.79 Å². The molecule has 3 nitrogen and oxygen atoms in total. The molecule has 1 aliphatic rings. The SMILES string of the molecule is CC(C)(N)CNC(=O)C1(Sc2ccccc2)CCCC1. The first-order valence-electron chi connectivity index (χ1n) is 7.23. The van der Waals surface area contributed by atoms with E-state index in [2.05, 4.69) is 17.4 Å². The largest absolute Gasteiger partial charge is 0.353 e. The van der Waals surface area contributed by atoms with Crippen LogP contribution in [0.3, 0.4) is 0 Å². The third-order valence-corrected chi connectivity index (χ3v) is 5.08. The molecule has 1 amide bonds. The molecule has 0 aromatic heterocycles. The highest BCUT2D eigenvalue weighted by molar-refractivity contribution is 8.01. The van der Waals surface area contributed by atoms with Gasteiger partial charge in [-0.2, -0.15) is 0 Å². The van der Waals surface area contributed by atoms with Crippen molar-refractivity contribution >= 4 is 17.7 Å². The number of benzene rings is 1. The van der Waals surface area contributed by atoms with Crippen LogP contribution in [0, 0.1) is 0 Å². The highest BCUT2D eigenvalue weighted by atomic mass is 32.2. The molecule has 1 aliphatic carbocycles. The van der Waals surface area contributed by atoms with Gasteiger partial charge in [0.2, 0.25) is 5.91 Å². The second-order valence-corrected chi connectivity index (χ2v) is 7.74. The minimum Gasteiger partial charge on any atom is -0.353 e. The van der Waals surface area contributed by atoms with E-state index in [1.54, 1.807) is 11.8 Å². The van der Waals surface area contributed by atoms with Crippen LogP contribution in [0.25, 0.3) is 0 Å². The number of hydrogen-bond acceptors (Lipinski definition) is 3. The number of thioether (sulfide) groups is 1. The van der Waals surface area contributed by atoms with Gasteiger partial charge in [-0.1, -0.05) is 31.0 Å². The van der Waals surface area contributed by atoms with Gasteiger partial charge >= 0.3 is 0 Å². The second kappa shape index (κ2) is 6.19. The van der Waals surface area contributed by atoms with Gasteiger partial charge in [0, 0.05) is 17.0 Å². The number of amides is 1. The van der Waals surface area contributed by atoms with Crippen molar-refractivity contribution in [3.05, 3.63) is 30.3 Å². The number of nitrogens with one attached hydrogen (secondary N) is 1. The maximum absolute atomic E-state index is 12.6. The zero-order valence-corrected chi connectivity index (χ0v) is 13.1. The van der Waals surface area contributed by atoms with Crippen molar-refractivity contribution in [3.8, 4) is 0 Å². The van der Waals surface area contributed by atoms with Crippen molar-refractivity contribution < 1.29 is 4.79 Å². The molecule has 1 aromatic rings. The predicted molar refractivity (Wildman–Crippen MR) is 84.8 cm³/mol. The lowest BCUT2D eigenvalue weighted by Crippen LogP contribution is -2.50. The van der Waals surface area contributed by atoms with Crippen LogP contribution >= 0.6 is 11.8 Å². The molecule has 3 N–H and O–H groups in total. The first-order chi connectivity index (χ1) is 9.41. The van der Waals surface area contributed by atoms with Gasteiger partial charge in [-0.15, -0.1) is 11.8 Å². The number of carbonyl (C=O) groups excluding carboxylic acids is 1. The average molecular weight is 292 g/mol. The summed E-state index contributed by atoms with van der Waals surface area (Å²) in [6.07, 6.45) is 4.14. The number of carbonyl (C=O) groups is 1. The molecule has 1 aromatic carbocycles. The van der Waals surface area contributed by atoms with Gasteiger partial charge in [0.1, 0.15) is 0 Å². The molecule has 0 radical (unpaired) electrons. The lowest BCUT2D eigenvalue weighted by molar-refractivity contribution is -0.123.